The van der Waals surface area contributed by atoms with Gasteiger partial charge in [-0.1, -0.05) is 30.3 Å². The van der Waals surface area contributed by atoms with Gasteiger partial charge in [-0.05, 0) is 38.2 Å². The number of rotatable bonds is 4. The first kappa shape index (κ1) is 15.5. The van der Waals surface area contributed by atoms with E-state index >= 15 is 0 Å². The highest BCUT2D eigenvalue weighted by molar-refractivity contribution is 5.81. The SMILES string of the molecule is CCOC(=O)[C@@]12CC[C@@H](CN1[C@@H](C)c1ccccc1)[C@@H](O)C2. The van der Waals surface area contributed by atoms with Crippen molar-refractivity contribution in [2.45, 2.75) is 50.8 Å². The molecule has 0 amide bonds. The molecule has 1 aliphatic carbocycles. The van der Waals surface area contributed by atoms with E-state index in [4.69, 9.17) is 4.74 Å². The fraction of sp³-hybridized carbons (Fsp3) is 0.611. The van der Waals surface area contributed by atoms with E-state index in [0.29, 0.717) is 13.0 Å². The van der Waals surface area contributed by atoms with Gasteiger partial charge >= 0.3 is 5.97 Å². The number of nitrogens with zero attached hydrogens (tertiary/aromatic N) is 1. The quantitative estimate of drug-likeness (QED) is 0.868. The standard InChI is InChI=1S/C18H25NO3/c1-3-22-17(21)18-10-9-15(16(20)11-18)12-19(18)13(2)14-7-5-4-6-8-14/h4-8,13,15-16,20H,3,9-12H2,1-2H3/t13-,15-,16-,18-/m0/s1. The van der Waals surface area contributed by atoms with Gasteiger partial charge in [-0.25, -0.2) is 0 Å². The number of hydrogen-bond donors (Lipinski definition) is 1. The van der Waals surface area contributed by atoms with Gasteiger partial charge in [0.2, 0.25) is 0 Å². The smallest absolute Gasteiger partial charge is 0.326 e. The Labute approximate surface area is 132 Å². The van der Waals surface area contributed by atoms with E-state index in [-0.39, 0.29) is 17.9 Å². The second-order valence-corrected chi connectivity index (χ2v) is 6.56. The van der Waals surface area contributed by atoms with Gasteiger partial charge in [0.1, 0.15) is 5.54 Å². The highest BCUT2D eigenvalue weighted by Gasteiger charge is 2.57. The van der Waals surface area contributed by atoms with Gasteiger partial charge in [-0.15, -0.1) is 0 Å². The summed E-state index contributed by atoms with van der Waals surface area (Å²) in [7, 11) is 0. The molecule has 4 heteroatoms. The number of esters is 1. The lowest BCUT2D eigenvalue weighted by Crippen LogP contribution is -2.67. The minimum Gasteiger partial charge on any atom is -0.465 e. The molecule has 2 aliphatic heterocycles. The first-order valence-corrected chi connectivity index (χ1v) is 8.25. The molecule has 0 spiro atoms. The molecular weight excluding hydrogens is 278 g/mol. The second kappa shape index (κ2) is 6.01. The van der Waals surface area contributed by atoms with Gasteiger partial charge in [0, 0.05) is 19.0 Å². The van der Waals surface area contributed by atoms with Crippen LogP contribution >= 0.6 is 0 Å². The van der Waals surface area contributed by atoms with E-state index < -0.39 is 11.6 Å². The Kier molecular flexibility index (Phi) is 4.24. The van der Waals surface area contributed by atoms with E-state index in [1.807, 2.05) is 25.1 Å². The molecular formula is C18H25NO3. The highest BCUT2D eigenvalue weighted by atomic mass is 16.5. The third kappa shape index (κ3) is 2.44. The lowest BCUT2D eigenvalue weighted by molar-refractivity contribution is -0.182. The number of carbonyl (C=O) groups is 1. The van der Waals surface area contributed by atoms with E-state index in [1.165, 1.54) is 5.56 Å². The summed E-state index contributed by atoms with van der Waals surface area (Å²) in [6, 6.07) is 10.4. The maximum Gasteiger partial charge on any atom is 0.326 e. The minimum absolute atomic E-state index is 0.140. The summed E-state index contributed by atoms with van der Waals surface area (Å²) < 4.78 is 5.37. The molecule has 22 heavy (non-hydrogen) atoms. The van der Waals surface area contributed by atoms with Gasteiger partial charge in [0.25, 0.3) is 0 Å². The van der Waals surface area contributed by atoms with Crippen LogP contribution in [0.3, 0.4) is 0 Å². The van der Waals surface area contributed by atoms with Gasteiger partial charge in [0.05, 0.1) is 12.7 Å². The van der Waals surface area contributed by atoms with Crippen molar-refractivity contribution in [3.05, 3.63) is 35.9 Å². The molecule has 0 radical (unpaired) electrons. The van der Waals surface area contributed by atoms with E-state index in [2.05, 4.69) is 24.0 Å². The molecule has 1 aromatic carbocycles. The normalized spacial score (nSPS) is 32.7. The Balaban J connectivity index is 1.93. The van der Waals surface area contributed by atoms with Crippen LogP contribution in [-0.4, -0.2) is 40.8 Å². The number of aliphatic hydroxyl groups is 1. The third-order valence-electron chi connectivity index (χ3n) is 5.41. The summed E-state index contributed by atoms with van der Waals surface area (Å²) in [6.07, 6.45) is 1.79. The fourth-order valence-electron chi connectivity index (χ4n) is 4.14. The predicted molar refractivity (Wildman–Crippen MR) is 84.3 cm³/mol. The topological polar surface area (TPSA) is 49.8 Å². The number of hydrogen-bond acceptors (Lipinski definition) is 4. The van der Waals surface area contributed by atoms with Gasteiger partial charge < -0.3 is 9.84 Å². The number of benzene rings is 1. The summed E-state index contributed by atoms with van der Waals surface area (Å²) >= 11 is 0. The molecule has 1 saturated carbocycles. The van der Waals surface area contributed by atoms with Crippen LogP contribution in [0.2, 0.25) is 0 Å². The Morgan fingerprint density at radius 1 is 1.45 bits per heavy atom. The summed E-state index contributed by atoms with van der Waals surface area (Å²) in [4.78, 5) is 15.0. The average molecular weight is 303 g/mol. The van der Waals surface area contributed by atoms with E-state index in [9.17, 15) is 9.90 Å². The molecule has 4 rings (SSSR count). The molecule has 1 aromatic rings. The van der Waals surface area contributed by atoms with Crippen molar-refractivity contribution in [1.82, 2.24) is 4.90 Å². The van der Waals surface area contributed by atoms with Crippen molar-refractivity contribution in [2.24, 2.45) is 5.92 Å². The Morgan fingerprint density at radius 3 is 2.82 bits per heavy atom. The van der Waals surface area contributed by atoms with Crippen molar-refractivity contribution in [3.8, 4) is 0 Å². The summed E-state index contributed by atoms with van der Waals surface area (Å²) in [5.41, 5.74) is 0.535. The zero-order valence-electron chi connectivity index (χ0n) is 13.4. The van der Waals surface area contributed by atoms with E-state index in [0.717, 1.165) is 19.4 Å². The summed E-state index contributed by atoms with van der Waals surface area (Å²) in [5, 5.41) is 10.3. The van der Waals surface area contributed by atoms with Crippen LogP contribution < -0.4 is 0 Å². The Hall–Kier alpha value is -1.39. The first-order valence-electron chi connectivity index (χ1n) is 8.25. The molecule has 2 heterocycles. The molecule has 1 N–H and O–H groups in total. The van der Waals surface area contributed by atoms with Gasteiger partial charge in [-0.3, -0.25) is 9.69 Å². The van der Waals surface area contributed by atoms with Crippen LogP contribution in [0.4, 0.5) is 0 Å². The second-order valence-electron chi connectivity index (χ2n) is 6.56. The summed E-state index contributed by atoms with van der Waals surface area (Å²) in [5.74, 6) is 0.0949. The molecule has 4 atom stereocenters. The van der Waals surface area contributed by atoms with Crippen LogP contribution in [0.25, 0.3) is 0 Å². The number of aliphatic hydroxyl groups excluding tert-OH is 1. The van der Waals surface area contributed by atoms with Crippen LogP contribution in [0.5, 0.6) is 0 Å². The fourth-order valence-corrected chi connectivity index (χ4v) is 4.14. The lowest BCUT2D eigenvalue weighted by Gasteiger charge is -2.56. The molecule has 3 aliphatic rings. The zero-order valence-corrected chi connectivity index (χ0v) is 13.4. The van der Waals surface area contributed by atoms with Crippen molar-refractivity contribution in [2.75, 3.05) is 13.2 Å². The number of piperidine rings is 2. The number of fused-ring (bicyclic) bond motifs is 3. The molecule has 120 valence electrons. The van der Waals surface area contributed by atoms with Crippen LogP contribution in [0, 0.1) is 5.92 Å². The Bertz CT molecular complexity index is 532. The van der Waals surface area contributed by atoms with Crippen LogP contribution in [0.1, 0.15) is 44.7 Å². The molecule has 2 saturated heterocycles. The molecule has 2 bridgehead atoms. The minimum atomic E-state index is -0.667. The maximum absolute atomic E-state index is 12.7. The lowest BCUT2D eigenvalue weighted by atomic mass is 9.68. The number of carbonyl (C=O) groups excluding carboxylic acids is 1. The number of ether oxygens (including phenoxy) is 1. The van der Waals surface area contributed by atoms with Crippen molar-refractivity contribution < 1.29 is 14.6 Å². The third-order valence-corrected chi connectivity index (χ3v) is 5.41. The molecule has 0 unspecified atom stereocenters. The average Bonchev–Trinajstić information content (AvgIpc) is 2.55. The first-order chi connectivity index (χ1) is 10.6. The van der Waals surface area contributed by atoms with Crippen molar-refractivity contribution in [3.63, 3.8) is 0 Å². The van der Waals surface area contributed by atoms with Gasteiger partial charge in [0.15, 0.2) is 0 Å². The van der Waals surface area contributed by atoms with Crippen molar-refractivity contribution >= 4 is 5.97 Å². The molecule has 0 aromatic heterocycles. The molecule has 4 nitrogen and oxygen atoms in total. The monoisotopic (exact) mass is 303 g/mol. The zero-order chi connectivity index (χ0) is 15.7. The van der Waals surface area contributed by atoms with Crippen LogP contribution in [0.15, 0.2) is 30.3 Å². The highest BCUT2D eigenvalue weighted by Crippen LogP contribution is 2.47. The Morgan fingerprint density at radius 2 is 2.18 bits per heavy atom. The molecule has 3 fully saturated rings. The largest absolute Gasteiger partial charge is 0.465 e. The predicted octanol–water partition coefficient (Wildman–Crippen LogP) is 2.53. The van der Waals surface area contributed by atoms with Crippen LogP contribution in [-0.2, 0) is 9.53 Å². The van der Waals surface area contributed by atoms with Crippen molar-refractivity contribution in [1.29, 1.82) is 0 Å². The van der Waals surface area contributed by atoms with E-state index in [1.54, 1.807) is 0 Å². The van der Waals surface area contributed by atoms with Gasteiger partial charge in [-0.2, -0.15) is 0 Å². The maximum atomic E-state index is 12.7. The summed E-state index contributed by atoms with van der Waals surface area (Å²) in [6.45, 7) is 5.12.